The van der Waals surface area contributed by atoms with Crippen LogP contribution >= 0.6 is 0 Å². The topological polar surface area (TPSA) is 99.0 Å². The van der Waals surface area contributed by atoms with E-state index in [2.05, 4.69) is 39.9 Å². The van der Waals surface area contributed by atoms with E-state index in [0.29, 0.717) is 31.4 Å². The maximum Gasteiger partial charge on any atom is 0.271 e. The van der Waals surface area contributed by atoms with Gasteiger partial charge >= 0.3 is 0 Å². The molecular weight excluding hydrogens is 442 g/mol. The lowest BCUT2D eigenvalue weighted by molar-refractivity contribution is -0.129. The highest BCUT2D eigenvalue weighted by molar-refractivity contribution is 5.94. The van der Waals surface area contributed by atoms with Crippen molar-refractivity contribution in [1.29, 1.82) is 0 Å². The quantitative estimate of drug-likeness (QED) is 0.485. The number of fused-ring (bicyclic) bond motifs is 2. The Morgan fingerprint density at radius 3 is 2.43 bits per heavy atom. The van der Waals surface area contributed by atoms with Gasteiger partial charge in [-0.2, -0.15) is 0 Å². The monoisotopic (exact) mass is 475 g/mol. The van der Waals surface area contributed by atoms with Crippen LogP contribution in [0.25, 0.3) is 5.65 Å². The first-order valence-corrected chi connectivity index (χ1v) is 12.5. The van der Waals surface area contributed by atoms with Gasteiger partial charge in [0.15, 0.2) is 5.69 Å². The fourth-order valence-electron chi connectivity index (χ4n) is 5.41. The Morgan fingerprint density at radius 2 is 1.74 bits per heavy atom. The molecule has 0 bridgehead atoms. The molecule has 8 heteroatoms. The summed E-state index contributed by atoms with van der Waals surface area (Å²) in [6.45, 7) is 3.52. The zero-order chi connectivity index (χ0) is 24.4. The molecule has 1 atom stereocenters. The molecule has 1 aliphatic carbocycles. The molecular formula is C27H33N5O3. The predicted molar refractivity (Wildman–Crippen MR) is 133 cm³/mol. The summed E-state index contributed by atoms with van der Waals surface area (Å²) in [5, 5.41) is 16.8. The summed E-state index contributed by atoms with van der Waals surface area (Å²) >= 11 is 0. The van der Waals surface area contributed by atoms with Gasteiger partial charge < -0.3 is 25.0 Å². The van der Waals surface area contributed by atoms with Crippen molar-refractivity contribution in [3.63, 3.8) is 0 Å². The minimum absolute atomic E-state index is 0.0867. The molecule has 184 valence electrons. The van der Waals surface area contributed by atoms with Gasteiger partial charge in [-0.15, -0.1) is 0 Å². The molecule has 0 radical (unpaired) electrons. The van der Waals surface area contributed by atoms with Crippen LogP contribution in [-0.2, 0) is 17.6 Å². The maximum atomic E-state index is 13.2. The number of aliphatic hydroxyl groups excluding tert-OH is 1. The number of likely N-dealkylation sites (tertiary alicyclic amines) is 1. The summed E-state index contributed by atoms with van der Waals surface area (Å²) in [7, 11) is 0. The van der Waals surface area contributed by atoms with E-state index in [1.54, 1.807) is 6.92 Å². The van der Waals surface area contributed by atoms with Crippen molar-refractivity contribution in [2.24, 2.45) is 0 Å². The molecule has 1 aromatic carbocycles. The molecule has 2 aliphatic rings. The molecule has 1 aliphatic heterocycles. The van der Waals surface area contributed by atoms with Gasteiger partial charge in [-0.25, -0.2) is 4.98 Å². The van der Waals surface area contributed by atoms with E-state index < -0.39 is 6.10 Å². The first-order valence-electron chi connectivity index (χ1n) is 12.5. The number of nitrogens with one attached hydrogen (secondary N) is 2. The van der Waals surface area contributed by atoms with Gasteiger partial charge in [-0.05, 0) is 48.9 Å². The van der Waals surface area contributed by atoms with Crippen LogP contribution < -0.4 is 10.6 Å². The van der Waals surface area contributed by atoms with Crippen molar-refractivity contribution in [1.82, 2.24) is 24.9 Å². The van der Waals surface area contributed by atoms with Crippen LogP contribution in [0.4, 0.5) is 0 Å². The third-order valence-electron chi connectivity index (χ3n) is 7.30. The van der Waals surface area contributed by atoms with Crippen LogP contribution in [0.3, 0.4) is 0 Å². The Hall–Kier alpha value is -3.23. The van der Waals surface area contributed by atoms with Crippen molar-refractivity contribution >= 4 is 17.5 Å². The molecule has 0 spiro atoms. The fourth-order valence-corrected chi connectivity index (χ4v) is 5.41. The van der Waals surface area contributed by atoms with Crippen LogP contribution in [0.1, 0.15) is 53.0 Å². The number of hydrogen-bond donors (Lipinski definition) is 3. The second-order valence-electron chi connectivity index (χ2n) is 9.70. The Morgan fingerprint density at radius 1 is 1.06 bits per heavy atom. The second kappa shape index (κ2) is 10.2. The number of hydrogen-bond acceptors (Lipinski definition) is 5. The van der Waals surface area contributed by atoms with E-state index in [0.717, 1.165) is 37.0 Å². The number of aromatic nitrogens is 2. The average molecular weight is 476 g/mol. The smallest absolute Gasteiger partial charge is 0.271 e. The highest BCUT2D eigenvalue weighted by Crippen LogP contribution is 2.31. The van der Waals surface area contributed by atoms with E-state index >= 15 is 0 Å². The number of nitrogens with zero attached hydrogens (tertiary/aromatic N) is 3. The van der Waals surface area contributed by atoms with Crippen molar-refractivity contribution in [3.05, 3.63) is 71.2 Å². The summed E-state index contributed by atoms with van der Waals surface area (Å²) in [5.41, 5.74) is 4.74. The van der Waals surface area contributed by atoms with Crippen molar-refractivity contribution < 1.29 is 14.7 Å². The predicted octanol–water partition coefficient (Wildman–Crippen LogP) is 1.91. The molecule has 3 aromatic rings. The van der Waals surface area contributed by atoms with Gasteiger partial charge in [-0.1, -0.05) is 30.3 Å². The summed E-state index contributed by atoms with van der Waals surface area (Å²) in [6.07, 6.45) is 4.74. The summed E-state index contributed by atoms with van der Waals surface area (Å²) in [6, 6.07) is 14.5. The number of pyridine rings is 1. The molecule has 35 heavy (non-hydrogen) atoms. The Bertz CT molecular complexity index is 1190. The summed E-state index contributed by atoms with van der Waals surface area (Å²) in [4.78, 5) is 31.4. The minimum atomic E-state index is -0.693. The number of rotatable bonds is 7. The maximum absolute atomic E-state index is 13.2. The molecule has 3 heterocycles. The van der Waals surface area contributed by atoms with Crippen LogP contribution in [-0.4, -0.2) is 69.5 Å². The first-order chi connectivity index (χ1) is 17.0. The van der Waals surface area contributed by atoms with Crippen molar-refractivity contribution in [2.75, 3.05) is 26.2 Å². The number of carbonyl (C=O) groups is 2. The molecule has 2 amide bonds. The van der Waals surface area contributed by atoms with E-state index in [-0.39, 0.29) is 24.3 Å². The zero-order valence-electron chi connectivity index (χ0n) is 20.1. The number of benzene rings is 1. The van der Waals surface area contributed by atoms with Crippen LogP contribution in [0.5, 0.6) is 0 Å². The van der Waals surface area contributed by atoms with E-state index in [9.17, 15) is 14.7 Å². The van der Waals surface area contributed by atoms with Gasteiger partial charge in [0, 0.05) is 51.3 Å². The number of amides is 2. The van der Waals surface area contributed by atoms with Gasteiger partial charge in [0.25, 0.3) is 5.91 Å². The average Bonchev–Trinajstić information content (AvgIpc) is 3.47. The zero-order valence-corrected chi connectivity index (χ0v) is 20.1. The minimum Gasteiger partial charge on any atom is -0.390 e. The lowest BCUT2D eigenvalue weighted by Gasteiger charge is -2.31. The van der Waals surface area contributed by atoms with E-state index in [1.807, 2.05) is 33.7 Å². The van der Waals surface area contributed by atoms with E-state index in [1.165, 1.54) is 11.1 Å². The highest BCUT2D eigenvalue weighted by atomic mass is 16.3. The summed E-state index contributed by atoms with van der Waals surface area (Å²) < 4.78 is 1.98. The lowest BCUT2D eigenvalue weighted by Crippen LogP contribution is -2.42. The van der Waals surface area contributed by atoms with Crippen LogP contribution in [0, 0.1) is 0 Å². The lowest BCUT2D eigenvalue weighted by atomic mass is 9.92. The highest BCUT2D eigenvalue weighted by Gasteiger charge is 2.30. The SMILES string of the molecule is CC(=O)N1CCC(c2c(C(=O)NCC(O)CNC3Cc4ccccc4C3)nc3ccccn23)CC1. The molecule has 8 nitrogen and oxygen atoms in total. The van der Waals surface area contributed by atoms with Gasteiger partial charge in [0.1, 0.15) is 5.65 Å². The Kier molecular flexibility index (Phi) is 6.83. The molecule has 3 N–H and O–H groups in total. The largest absolute Gasteiger partial charge is 0.390 e. The van der Waals surface area contributed by atoms with E-state index in [4.69, 9.17) is 0 Å². The van der Waals surface area contributed by atoms with Gasteiger partial charge in [-0.3, -0.25) is 9.59 Å². The summed E-state index contributed by atoms with van der Waals surface area (Å²) in [5.74, 6) is -0.0482. The van der Waals surface area contributed by atoms with Gasteiger partial charge in [0.2, 0.25) is 5.91 Å². The van der Waals surface area contributed by atoms with Crippen LogP contribution in [0.2, 0.25) is 0 Å². The van der Waals surface area contributed by atoms with Crippen molar-refractivity contribution in [3.8, 4) is 0 Å². The molecule has 0 saturated carbocycles. The number of imidazole rings is 1. The number of piperidine rings is 1. The fraction of sp³-hybridized carbons (Fsp3) is 0.444. The molecule has 2 aromatic heterocycles. The molecule has 1 unspecified atom stereocenters. The number of aliphatic hydroxyl groups is 1. The number of carbonyl (C=O) groups excluding carboxylic acids is 2. The normalized spacial score (nSPS) is 17.5. The first kappa shape index (κ1) is 23.5. The molecule has 1 saturated heterocycles. The standard InChI is InChI=1S/C27H33N5O3/c1-18(33)31-12-9-19(10-13-31)26-25(30-24-8-4-5-11-32(24)26)27(35)29-17-23(34)16-28-22-14-20-6-2-3-7-21(20)15-22/h2-8,11,19,22-23,28,34H,9-10,12-17H2,1H3,(H,29,35). The van der Waals surface area contributed by atoms with Gasteiger partial charge in [0.05, 0.1) is 11.8 Å². The van der Waals surface area contributed by atoms with Crippen LogP contribution in [0.15, 0.2) is 48.7 Å². The molecule has 5 rings (SSSR count). The Labute approximate surface area is 205 Å². The third-order valence-corrected chi connectivity index (χ3v) is 7.30. The second-order valence-corrected chi connectivity index (χ2v) is 9.70. The third kappa shape index (κ3) is 5.09. The van der Waals surface area contributed by atoms with Crippen molar-refractivity contribution in [2.45, 2.75) is 50.7 Å². The Balaban J connectivity index is 1.20. The molecule has 1 fully saturated rings.